The van der Waals surface area contributed by atoms with E-state index < -0.39 is 4.92 Å². The van der Waals surface area contributed by atoms with Gasteiger partial charge in [0, 0.05) is 0 Å². The molecule has 0 aliphatic rings. The molecular weight excluding hydrogens is 194 g/mol. The zero-order valence-electron chi connectivity index (χ0n) is 7.83. The molecule has 5 nitrogen and oxygen atoms in total. The summed E-state index contributed by atoms with van der Waals surface area (Å²) in [6, 6.07) is 10.9. The lowest BCUT2D eigenvalue weighted by Gasteiger charge is -1.95. The van der Waals surface area contributed by atoms with Crippen LogP contribution in [-0.4, -0.2) is 14.7 Å². The average molecular weight is 202 g/mol. The topological polar surface area (TPSA) is 61.0 Å². The number of rotatable bonds is 3. The van der Waals surface area contributed by atoms with Crippen molar-refractivity contribution in [3.05, 3.63) is 58.3 Å². The van der Waals surface area contributed by atoms with Crippen molar-refractivity contribution in [2.24, 2.45) is 0 Å². The van der Waals surface area contributed by atoms with Crippen LogP contribution >= 0.6 is 0 Å². The lowest BCUT2D eigenvalue weighted by molar-refractivity contribution is -0.389. The van der Waals surface area contributed by atoms with E-state index in [4.69, 9.17) is 0 Å². The maximum atomic E-state index is 10.4. The molecule has 0 saturated heterocycles. The second-order valence-electron chi connectivity index (χ2n) is 3.03. The maximum absolute atomic E-state index is 10.4. The number of nitro groups is 1. The summed E-state index contributed by atoms with van der Waals surface area (Å²) in [6.45, 7) is 0.495. The summed E-state index contributed by atoms with van der Waals surface area (Å²) in [5.41, 5.74) is 1.03. The molecule has 2 rings (SSSR count). The van der Waals surface area contributed by atoms with Gasteiger partial charge in [0.05, 0.1) is 17.7 Å². The summed E-state index contributed by atoms with van der Waals surface area (Å²) in [6.07, 6.45) is 2.70. The molecule has 0 atom stereocenters. The predicted octanol–water partition coefficient (Wildman–Crippen LogP) is 1.64. The van der Waals surface area contributed by atoms with Crippen LogP contribution in [0.25, 0.3) is 0 Å². The molecule has 0 aliphatic carbocycles. The van der Waals surface area contributed by atoms with E-state index in [9.17, 15) is 10.1 Å². The molecule has 0 saturated carbocycles. The molecule has 5 heteroatoms. The molecule has 0 unspecified atom stereocenters. The molecule has 0 N–H and O–H groups in total. The fraction of sp³-hybridized carbons (Fsp3) is 0.100. The first kappa shape index (κ1) is 9.39. The predicted molar refractivity (Wildman–Crippen MR) is 53.3 cm³/mol. The molecule has 15 heavy (non-hydrogen) atoms. The van der Waals surface area contributed by atoms with Gasteiger partial charge < -0.3 is 10.1 Å². The zero-order chi connectivity index (χ0) is 10.7. The van der Waals surface area contributed by atoms with Gasteiger partial charge in [0.15, 0.2) is 0 Å². The van der Waals surface area contributed by atoms with Crippen LogP contribution in [0.3, 0.4) is 0 Å². The van der Waals surface area contributed by atoms with Crippen LogP contribution in [0.4, 0.5) is 5.82 Å². The fourth-order valence-corrected chi connectivity index (χ4v) is 1.24. The largest absolute Gasteiger partial charge is 0.390 e. The van der Waals surface area contributed by atoms with E-state index in [2.05, 4.69) is 11.3 Å². The van der Waals surface area contributed by atoms with E-state index >= 15 is 0 Å². The smallest absolute Gasteiger partial charge is 0.358 e. The number of aromatic nitrogens is 2. The van der Waals surface area contributed by atoms with Crippen LogP contribution in [0.2, 0.25) is 0 Å². The standard InChI is InChI=1S/C10H8N3O2/c14-13(15)10-6-7-12(11-10)8-9-4-2-1-3-5-9/h1-6H,8H2. The molecule has 0 spiro atoms. The molecule has 1 radical (unpaired) electrons. The first-order chi connectivity index (χ1) is 7.25. The molecule has 1 aromatic carbocycles. The van der Waals surface area contributed by atoms with Crippen molar-refractivity contribution in [2.45, 2.75) is 6.54 Å². The normalized spacial score (nSPS) is 10.1. The van der Waals surface area contributed by atoms with Crippen molar-refractivity contribution in [1.82, 2.24) is 9.78 Å². The quantitative estimate of drug-likeness (QED) is 0.561. The highest BCUT2D eigenvalue weighted by molar-refractivity contribution is 5.17. The Morgan fingerprint density at radius 1 is 1.40 bits per heavy atom. The molecule has 0 aliphatic heterocycles. The minimum atomic E-state index is -0.530. The van der Waals surface area contributed by atoms with E-state index in [-0.39, 0.29) is 5.82 Å². The van der Waals surface area contributed by atoms with Crippen LogP contribution in [-0.2, 0) is 6.54 Å². The monoisotopic (exact) mass is 202 g/mol. The van der Waals surface area contributed by atoms with Crippen molar-refractivity contribution < 1.29 is 4.92 Å². The Labute approximate surface area is 86.1 Å². The van der Waals surface area contributed by atoms with Gasteiger partial charge in [-0.2, -0.15) is 4.68 Å². The molecule has 0 bridgehead atoms. The van der Waals surface area contributed by atoms with Crippen molar-refractivity contribution in [1.29, 1.82) is 0 Å². The Hall–Kier alpha value is -2.17. The summed E-state index contributed by atoms with van der Waals surface area (Å²) in [4.78, 5) is 9.85. The molecule has 1 heterocycles. The number of nitrogens with zero attached hydrogens (tertiary/aromatic N) is 3. The second kappa shape index (κ2) is 3.91. The van der Waals surface area contributed by atoms with Gasteiger partial charge in [-0.05, 0) is 10.5 Å². The molecule has 0 amide bonds. The molecule has 2 aromatic rings. The minimum absolute atomic E-state index is 0.175. The third kappa shape index (κ3) is 2.19. The molecule has 0 fully saturated rings. The van der Waals surface area contributed by atoms with Crippen molar-refractivity contribution >= 4 is 5.82 Å². The lowest BCUT2D eigenvalue weighted by atomic mass is 10.2. The van der Waals surface area contributed by atoms with Crippen molar-refractivity contribution in [3.63, 3.8) is 0 Å². The minimum Gasteiger partial charge on any atom is -0.358 e. The van der Waals surface area contributed by atoms with E-state index in [0.717, 1.165) is 5.56 Å². The van der Waals surface area contributed by atoms with Gasteiger partial charge in [0.2, 0.25) is 0 Å². The van der Waals surface area contributed by atoms with E-state index in [1.807, 2.05) is 30.3 Å². The van der Waals surface area contributed by atoms with E-state index in [1.165, 1.54) is 10.7 Å². The highest BCUT2D eigenvalue weighted by Gasteiger charge is 2.10. The Balaban J connectivity index is 2.15. The third-order valence-electron chi connectivity index (χ3n) is 1.93. The first-order valence-corrected chi connectivity index (χ1v) is 4.39. The van der Waals surface area contributed by atoms with Crippen LogP contribution in [0.15, 0.2) is 36.4 Å². The summed E-state index contributed by atoms with van der Waals surface area (Å²) in [5, 5.41) is 14.1. The van der Waals surface area contributed by atoms with Crippen LogP contribution in [0.5, 0.6) is 0 Å². The van der Waals surface area contributed by atoms with Gasteiger partial charge in [0.1, 0.15) is 6.20 Å². The second-order valence-corrected chi connectivity index (χ2v) is 3.03. The van der Waals surface area contributed by atoms with Gasteiger partial charge in [-0.15, -0.1) is 0 Å². The van der Waals surface area contributed by atoms with Gasteiger partial charge >= 0.3 is 5.82 Å². The Morgan fingerprint density at radius 2 is 2.13 bits per heavy atom. The Bertz CT molecular complexity index is 465. The fourth-order valence-electron chi connectivity index (χ4n) is 1.24. The van der Waals surface area contributed by atoms with E-state index in [1.54, 1.807) is 0 Å². The van der Waals surface area contributed by atoms with Gasteiger partial charge in [-0.1, -0.05) is 30.3 Å². The Kier molecular flexibility index (Phi) is 2.45. The average Bonchev–Trinajstić information content (AvgIpc) is 2.68. The Morgan fingerprint density at radius 3 is 2.73 bits per heavy atom. The molecular formula is C10H8N3O2. The lowest BCUT2D eigenvalue weighted by Crippen LogP contribution is -2.01. The third-order valence-corrected chi connectivity index (χ3v) is 1.93. The summed E-state index contributed by atoms with van der Waals surface area (Å²) >= 11 is 0. The van der Waals surface area contributed by atoms with Gasteiger partial charge in [-0.25, -0.2) is 0 Å². The highest BCUT2D eigenvalue weighted by atomic mass is 16.6. The van der Waals surface area contributed by atoms with Gasteiger partial charge in [-0.3, -0.25) is 0 Å². The van der Waals surface area contributed by atoms with Gasteiger partial charge in [0.25, 0.3) is 0 Å². The van der Waals surface area contributed by atoms with Crippen molar-refractivity contribution in [2.75, 3.05) is 0 Å². The number of benzene rings is 1. The highest BCUT2D eigenvalue weighted by Crippen LogP contribution is 2.07. The van der Waals surface area contributed by atoms with Crippen LogP contribution < -0.4 is 0 Å². The molecule has 75 valence electrons. The molecule has 1 aromatic heterocycles. The van der Waals surface area contributed by atoms with Crippen molar-refractivity contribution in [3.8, 4) is 0 Å². The van der Waals surface area contributed by atoms with Crippen LogP contribution in [0.1, 0.15) is 5.56 Å². The van der Waals surface area contributed by atoms with E-state index in [0.29, 0.717) is 6.54 Å². The summed E-state index contributed by atoms with van der Waals surface area (Å²) in [5.74, 6) is -0.175. The SMILES string of the molecule is O=[N+]([O-])c1c[c]n(Cc2ccccc2)n1. The van der Waals surface area contributed by atoms with Crippen LogP contribution in [0, 0.1) is 16.3 Å². The zero-order valence-corrected chi connectivity index (χ0v) is 7.83. The maximum Gasteiger partial charge on any atom is 0.390 e. The summed E-state index contributed by atoms with van der Waals surface area (Å²) in [7, 11) is 0. The number of hydrogen-bond donors (Lipinski definition) is 0. The summed E-state index contributed by atoms with van der Waals surface area (Å²) < 4.78 is 1.42. The number of hydrogen-bond acceptors (Lipinski definition) is 3. The first-order valence-electron chi connectivity index (χ1n) is 4.39.